The van der Waals surface area contributed by atoms with Crippen LogP contribution in [0.4, 0.5) is 4.39 Å². The summed E-state index contributed by atoms with van der Waals surface area (Å²) in [5.41, 5.74) is 1.23. The molecular weight excluding hydrogens is 385 g/mol. The Labute approximate surface area is 170 Å². The van der Waals surface area contributed by atoms with E-state index in [2.05, 4.69) is 15.6 Å². The molecule has 1 amide bonds. The van der Waals surface area contributed by atoms with Gasteiger partial charge < -0.3 is 15.0 Å². The van der Waals surface area contributed by atoms with Crippen molar-refractivity contribution in [3.63, 3.8) is 0 Å². The van der Waals surface area contributed by atoms with Crippen molar-refractivity contribution in [3.8, 4) is 5.75 Å². The normalized spacial score (nSPS) is 14.4. The molecule has 1 aromatic carbocycles. The van der Waals surface area contributed by atoms with Gasteiger partial charge in [0, 0.05) is 13.6 Å². The first kappa shape index (κ1) is 22.1. The number of hydrogen-bond donors (Lipinski definition) is 1. The molecule has 3 rings (SSSR count). The standard InChI is InChI=1S/C19H26FN5O2.ClH/c1-14-18(22-23-25(14)16-8-10-21-11-9-16)19(26)24(2)12-3-13-27-17-6-4-15(20)5-7-17;/h4-7,16,21H,3,8-13H2,1-2H3;1H. The second-order valence-corrected chi connectivity index (χ2v) is 6.83. The van der Waals surface area contributed by atoms with Crippen LogP contribution in [0.1, 0.15) is 41.5 Å². The number of carbonyl (C=O) groups excluding carboxylic acids is 1. The van der Waals surface area contributed by atoms with Gasteiger partial charge in [0.15, 0.2) is 5.69 Å². The summed E-state index contributed by atoms with van der Waals surface area (Å²) in [7, 11) is 1.75. The minimum Gasteiger partial charge on any atom is -0.494 e. The molecule has 1 aliphatic heterocycles. The molecule has 154 valence electrons. The Hall–Kier alpha value is -2.19. The van der Waals surface area contributed by atoms with Gasteiger partial charge in [0.1, 0.15) is 11.6 Å². The van der Waals surface area contributed by atoms with E-state index in [1.54, 1.807) is 24.1 Å². The summed E-state index contributed by atoms with van der Waals surface area (Å²) in [6, 6.07) is 6.20. The lowest BCUT2D eigenvalue weighted by Crippen LogP contribution is -2.31. The zero-order valence-corrected chi connectivity index (χ0v) is 17.0. The molecule has 1 aromatic heterocycles. The molecule has 0 bridgehead atoms. The second kappa shape index (κ2) is 10.4. The third-order valence-corrected chi connectivity index (χ3v) is 4.85. The van der Waals surface area contributed by atoms with Crippen molar-refractivity contribution in [1.29, 1.82) is 0 Å². The number of nitrogens with zero attached hydrogens (tertiary/aromatic N) is 4. The summed E-state index contributed by atoms with van der Waals surface area (Å²) in [6.45, 7) is 4.81. The van der Waals surface area contributed by atoms with Gasteiger partial charge in [-0.15, -0.1) is 17.5 Å². The molecule has 2 heterocycles. The topological polar surface area (TPSA) is 72.3 Å². The van der Waals surface area contributed by atoms with Crippen LogP contribution in [-0.4, -0.2) is 59.1 Å². The number of rotatable bonds is 7. The Morgan fingerprint density at radius 3 is 2.68 bits per heavy atom. The Balaban J connectivity index is 0.00000280. The van der Waals surface area contributed by atoms with E-state index in [4.69, 9.17) is 4.74 Å². The largest absolute Gasteiger partial charge is 0.494 e. The Bertz CT molecular complexity index is 762. The molecule has 7 nitrogen and oxygen atoms in total. The highest BCUT2D eigenvalue weighted by atomic mass is 35.5. The van der Waals surface area contributed by atoms with Gasteiger partial charge >= 0.3 is 0 Å². The average Bonchev–Trinajstić information content (AvgIpc) is 3.08. The smallest absolute Gasteiger partial charge is 0.276 e. The number of nitrogens with one attached hydrogen (secondary N) is 1. The van der Waals surface area contributed by atoms with Crippen LogP contribution in [-0.2, 0) is 0 Å². The molecule has 0 unspecified atom stereocenters. The van der Waals surface area contributed by atoms with E-state index in [1.807, 2.05) is 11.6 Å². The zero-order valence-electron chi connectivity index (χ0n) is 16.2. The van der Waals surface area contributed by atoms with Crippen LogP contribution in [0.15, 0.2) is 24.3 Å². The Morgan fingerprint density at radius 1 is 1.32 bits per heavy atom. The number of amides is 1. The lowest BCUT2D eigenvalue weighted by Gasteiger charge is -2.23. The molecule has 9 heteroatoms. The van der Waals surface area contributed by atoms with Crippen molar-refractivity contribution in [3.05, 3.63) is 41.5 Å². The molecule has 0 atom stereocenters. The highest BCUT2D eigenvalue weighted by Crippen LogP contribution is 2.20. The predicted octanol–water partition coefficient (Wildman–Crippen LogP) is 2.61. The molecule has 1 saturated heterocycles. The van der Waals surface area contributed by atoms with Crippen LogP contribution in [0.5, 0.6) is 5.75 Å². The van der Waals surface area contributed by atoms with Crippen LogP contribution in [0.25, 0.3) is 0 Å². The molecule has 1 N–H and O–H groups in total. The lowest BCUT2D eigenvalue weighted by molar-refractivity contribution is 0.0781. The summed E-state index contributed by atoms with van der Waals surface area (Å²) in [5, 5.41) is 11.7. The van der Waals surface area contributed by atoms with Crippen molar-refractivity contribution in [2.75, 3.05) is 33.3 Å². The maximum absolute atomic E-state index is 12.9. The van der Waals surface area contributed by atoms with Gasteiger partial charge in [0.2, 0.25) is 0 Å². The Morgan fingerprint density at radius 2 is 2.00 bits per heavy atom. The highest BCUT2D eigenvalue weighted by molar-refractivity contribution is 5.93. The molecule has 0 radical (unpaired) electrons. The van der Waals surface area contributed by atoms with E-state index in [0.29, 0.717) is 37.1 Å². The molecule has 1 aliphatic rings. The number of carbonyl (C=O) groups is 1. The van der Waals surface area contributed by atoms with Gasteiger partial charge in [-0.25, -0.2) is 9.07 Å². The van der Waals surface area contributed by atoms with Gasteiger partial charge in [-0.1, -0.05) is 5.21 Å². The van der Waals surface area contributed by atoms with Crippen LogP contribution < -0.4 is 10.1 Å². The molecule has 2 aromatic rings. The number of aromatic nitrogens is 3. The summed E-state index contributed by atoms with van der Waals surface area (Å²) in [5.74, 6) is 0.196. The van der Waals surface area contributed by atoms with Crippen molar-refractivity contribution < 1.29 is 13.9 Å². The van der Waals surface area contributed by atoms with Crippen LogP contribution in [0.2, 0.25) is 0 Å². The van der Waals surface area contributed by atoms with Crippen LogP contribution in [0.3, 0.4) is 0 Å². The summed E-state index contributed by atoms with van der Waals surface area (Å²) in [6.07, 6.45) is 2.66. The van der Waals surface area contributed by atoms with Crippen LogP contribution >= 0.6 is 12.4 Å². The van der Waals surface area contributed by atoms with Gasteiger partial charge in [-0.2, -0.15) is 0 Å². The third-order valence-electron chi connectivity index (χ3n) is 4.85. The number of benzene rings is 1. The van der Waals surface area contributed by atoms with E-state index in [-0.39, 0.29) is 24.1 Å². The average molecular weight is 412 g/mol. The summed E-state index contributed by atoms with van der Waals surface area (Å²) in [4.78, 5) is 14.3. The third kappa shape index (κ3) is 5.42. The quantitative estimate of drug-likeness (QED) is 0.709. The first-order valence-corrected chi connectivity index (χ1v) is 9.32. The number of ether oxygens (including phenoxy) is 1. The molecule has 0 aliphatic carbocycles. The van der Waals surface area contributed by atoms with Gasteiger partial charge in [-0.05, 0) is 63.5 Å². The zero-order chi connectivity index (χ0) is 19.2. The SMILES string of the molecule is Cc1c(C(=O)N(C)CCCOc2ccc(F)cc2)nnn1C1CCNCC1.Cl. The minimum absolute atomic E-state index is 0. The predicted molar refractivity (Wildman–Crippen MR) is 107 cm³/mol. The minimum atomic E-state index is -0.291. The molecule has 0 spiro atoms. The monoisotopic (exact) mass is 411 g/mol. The van der Waals surface area contributed by atoms with Crippen molar-refractivity contribution in [1.82, 2.24) is 25.2 Å². The van der Waals surface area contributed by atoms with Crippen LogP contribution in [0, 0.1) is 12.7 Å². The lowest BCUT2D eigenvalue weighted by atomic mass is 10.1. The van der Waals surface area contributed by atoms with E-state index >= 15 is 0 Å². The first-order valence-electron chi connectivity index (χ1n) is 9.32. The first-order chi connectivity index (χ1) is 13.1. The summed E-state index contributed by atoms with van der Waals surface area (Å²) < 4.78 is 20.3. The fraction of sp³-hybridized carbons (Fsp3) is 0.526. The second-order valence-electron chi connectivity index (χ2n) is 6.83. The van der Waals surface area contributed by atoms with Crippen molar-refractivity contribution in [2.24, 2.45) is 0 Å². The number of hydrogen-bond acceptors (Lipinski definition) is 5. The molecule has 1 fully saturated rings. The van der Waals surface area contributed by atoms with E-state index in [1.165, 1.54) is 12.1 Å². The van der Waals surface area contributed by atoms with E-state index in [0.717, 1.165) is 31.6 Å². The maximum atomic E-state index is 12.9. The fourth-order valence-electron chi connectivity index (χ4n) is 3.24. The van der Waals surface area contributed by atoms with Gasteiger partial charge in [0.25, 0.3) is 5.91 Å². The molecule has 28 heavy (non-hydrogen) atoms. The van der Waals surface area contributed by atoms with Crippen molar-refractivity contribution in [2.45, 2.75) is 32.2 Å². The van der Waals surface area contributed by atoms with Gasteiger partial charge in [-0.3, -0.25) is 4.79 Å². The molecular formula is C19H27ClFN5O2. The number of halogens is 2. The Kier molecular flexibility index (Phi) is 8.19. The highest BCUT2D eigenvalue weighted by Gasteiger charge is 2.24. The maximum Gasteiger partial charge on any atom is 0.276 e. The number of piperidine rings is 1. The van der Waals surface area contributed by atoms with E-state index < -0.39 is 0 Å². The molecule has 0 saturated carbocycles. The van der Waals surface area contributed by atoms with E-state index in [9.17, 15) is 9.18 Å². The summed E-state index contributed by atoms with van der Waals surface area (Å²) >= 11 is 0. The van der Waals surface area contributed by atoms with Gasteiger partial charge in [0.05, 0.1) is 18.3 Å². The fourth-order valence-corrected chi connectivity index (χ4v) is 3.24. The van der Waals surface area contributed by atoms with Crippen molar-refractivity contribution >= 4 is 18.3 Å².